The standard InChI is InChI=1S/C14H28O4/c1-7-10-11-14(8-2,9-3)12(15)16-18-17-13(4,5)6/h7-11H2,1-6H3. The largest absolute Gasteiger partial charge is 0.351 e. The second kappa shape index (κ2) is 7.74. The Hall–Kier alpha value is -0.610. The van der Waals surface area contributed by atoms with Crippen LogP contribution in [0.3, 0.4) is 0 Å². The zero-order valence-electron chi connectivity index (χ0n) is 12.7. The van der Waals surface area contributed by atoms with Crippen molar-refractivity contribution in [2.24, 2.45) is 5.41 Å². The van der Waals surface area contributed by atoms with Gasteiger partial charge in [-0.2, -0.15) is 4.89 Å². The second-order valence-electron chi connectivity index (χ2n) is 5.73. The number of carbonyl (C=O) groups is 1. The highest BCUT2D eigenvalue weighted by Crippen LogP contribution is 2.34. The molecule has 0 bridgehead atoms. The minimum atomic E-state index is -0.495. The van der Waals surface area contributed by atoms with E-state index >= 15 is 0 Å². The first kappa shape index (κ1) is 17.4. The molecule has 0 saturated heterocycles. The molecule has 0 aliphatic heterocycles. The van der Waals surface area contributed by atoms with Gasteiger partial charge in [-0.05, 0) is 45.1 Å². The molecular weight excluding hydrogens is 232 g/mol. The van der Waals surface area contributed by atoms with Crippen LogP contribution in [0.25, 0.3) is 0 Å². The zero-order valence-corrected chi connectivity index (χ0v) is 12.7. The van der Waals surface area contributed by atoms with Crippen molar-refractivity contribution < 1.29 is 19.6 Å². The Morgan fingerprint density at radius 3 is 2.00 bits per heavy atom. The number of hydrogen-bond acceptors (Lipinski definition) is 4. The third kappa shape index (κ3) is 5.83. The van der Waals surface area contributed by atoms with Crippen molar-refractivity contribution in [3.8, 4) is 0 Å². The normalized spacial score (nSPS) is 12.6. The zero-order chi connectivity index (χ0) is 14.2. The van der Waals surface area contributed by atoms with Gasteiger partial charge >= 0.3 is 5.97 Å². The minimum Gasteiger partial charge on any atom is -0.268 e. The summed E-state index contributed by atoms with van der Waals surface area (Å²) in [4.78, 5) is 21.8. The van der Waals surface area contributed by atoms with Crippen molar-refractivity contribution in [2.45, 2.75) is 79.2 Å². The number of hydrogen-bond donors (Lipinski definition) is 0. The van der Waals surface area contributed by atoms with Gasteiger partial charge in [-0.25, -0.2) is 4.79 Å². The van der Waals surface area contributed by atoms with E-state index in [9.17, 15) is 4.79 Å². The summed E-state index contributed by atoms with van der Waals surface area (Å²) in [6, 6.07) is 0. The van der Waals surface area contributed by atoms with E-state index in [4.69, 9.17) is 9.78 Å². The SMILES string of the molecule is CCCCC(CC)(CC)C(=O)OOOC(C)(C)C. The highest BCUT2D eigenvalue weighted by molar-refractivity contribution is 5.76. The molecular formula is C14H28O4. The summed E-state index contributed by atoms with van der Waals surface area (Å²) in [6.45, 7) is 11.6. The second-order valence-corrected chi connectivity index (χ2v) is 5.73. The Kier molecular flexibility index (Phi) is 7.48. The van der Waals surface area contributed by atoms with Crippen LogP contribution in [0.4, 0.5) is 0 Å². The highest BCUT2D eigenvalue weighted by atomic mass is 17.5. The van der Waals surface area contributed by atoms with E-state index in [1.165, 1.54) is 0 Å². The summed E-state index contributed by atoms with van der Waals surface area (Å²) in [5.74, 6) is -0.329. The fraction of sp³-hybridized carbons (Fsp3) is 0.929. The van der Waals surface area contributed by atoms with Gasteiger partial charge in [-0.1, -0.05) is 33.6 Å². The quantitative estimate of drug-likeness (QED) is 0.485. The topological polar surface area (TPSA) is 44.8 Å². The first-order chi connectivity index (χ1) is 8.31. The Balaban J connectivity index is 4.38. The van der Waals surface area contributed by atoms with E-state index in [0.29, 0.717) is 0 Å². The summed E-state index contributed by atoms with van der Waals surface area (Å²) in [7, 11) is 0. The predicted molar refractivity (Wildman–Crippen MR) is 70.6 cm³/mol. The maximum Gasteiger partial charge on any atom is 0.351 e. The molecule has 0 aromatic carbocycles. The summed E-state index contributed by atoms with van der Waals surface area (Å²) < 4.78 is 0. The summed E-state index contributed by atoms with van der Waals surface area (Å²) >= 11 is 0. The van der Waals surface area contributed by atoms with Crippen molar-refractivity contribution in [3.63, 3.8) is 0 Å². The van der Waals surface area contributed by atoms with E-state index in [-0.39, 0.29) is 5.97 Å². The van der Waals surface area contributed by atoms with Gasteiger partial charge in [0.1, 0.15) is 0 Å². The lowest BCUT2D eigenvalue weighted by Crippen LogP contribution is -2.33. The lowest BCUT2D eigenvalue weighted by atomic mass is 9.78. The van der Waals surface area contributed by atoms with Crippen molar-refractivity contribution in [1.82, 2.24) is 0 Å². The molecule has 0 radical (unpaired) electrons. The third-order valence-corrected chi connectivity index (χ3v) is 3.19. The first-order valence-electron chi connectivity index (χ1n) is 6.88. The smallest absolute Gasteiger partial charge is 0.268 e. The molecule has 0 aliphatic carbocycles. The molecule has 0 amide bonds. The van der Waals surface area contributed by atoms with Gasteiger partial charge < -0.3 is 0 Å². The molecule has 4 nitrogen and oxygen atoms in total. The highest BCUT2D eigenvalue weighted by Gasteiger charge is 2.37. The van der Waals surface area contributed by atoms with Crippen molar-refractivity contribution >= 4 is 5.97 Å². The van der Waals surface area contributed by atoms with Gasteiger partial charge in [0.25, 0.3) is 0 Å². The van der Waals surface area contributed by atoms with E-state index in [1.807, 2.05) is 34.6 Å². The molecule has 0 aromatic heterocycles. The molecule has 0 N–H and O–H groups in total. The average Bonchev–Trinajstić information content (AvgIpc) is 2.29. The van der Waals surface area contributed by atoms with Crippen LogP contribution in [0.2, 0.25) is 0 Å². The molecule has 0 spiro atoms. The van der Waals surface area contributed by atoms with E-state index in [1.54, 1.807) is 0 Å². The molecule has 0 fully saturated rings. The molecule has 0 aromatic rings. The molecule has 0 aliphatic rings. The van der Waals surface area contributed by atoms with Crippen LogP contribution >= 0.6 is 0 Å². The van der Waals surface area contributed by atoms with E-state index in [2.05, 4.69) is 12.0 Å². The Morgan fingerprint density at radius 1 is 1.06 bits per heavy atom. The summed E-state index contributed by atoms with van der Waals surface area (Å²) in [6.07, 6.45) is 4.40. The van der Waals surface area contributed by atoms with Crippen LogP contribution in [0.5, 0.6) is 0 Å². The van der Waals surface area contributed by atoms with Gasteiger partial charge in [-0.3, -0.25) is 4.89 Å². The summed E-state index contributed by atoms with van der Waals surface area (Å²) in [5, 5.41) is 4.60. The monoisotopic (exact) mass is 260 g/mol. The van der Waals surface area contributed by atoms with Gasteiger partial charge in [-0.15, -0.1) is 0 Å². The number of rotatable bonds is 8. The van der Waals surface area contributed by atoms with Crippen LogP contribution in [0.15, 0.2) is 0 Å². The Labute approximate surface area is 111 Å². The lowest BCUT2D eigenvalue weighted by Gasteiger charge is -2.28. The number of carbonyl (C=O) groups excluding carboxylic acids is 1. The molecule has 4 heteroatoms. The first-order valence-corrected chi connectivity index (χ1v) is 6.88. The molecule has 108 valence electrons. The maximum absolute atomic E-state index is 12.1. The van der Waals surface area contributed by atoms with Crippen LogP contribution < -0.4 is 0 Å². The fourth-order valence-corrected chi connectivity index (χ4v) is 1.75. The van der Waals surface area contributed by atoms with Gasteiger partial charge in [0, 0.05) is 0 Å². The predicted octanol–water partition coefficient (Wildman–Crippen LogP) is 4.19. The van der Waals surface area contributed by atoms with Crippen LogP contribution in [0.1, 0.15) is 73.6 Å². The van der Waals surface area contributed by atoms with Crippen LogP contribution in [-0.4, -0.2) is 11.6 Å². The number of unbranched alkanes of at least 4 members (excludes halogenated alkanes) is 1. The molecule has 0 heterocycles. The van der Waals surface area contributed by atoms with E-state index in [0.717, 1.165) is 32.1 Å². The van der Waals surface area contributed by atoms with Gasteiger partial charge in [0.2, 0.25) is 0 Å². The molecule has 0 rings (SSSR count). The van der Waals surface area contributed by atoms with Crippen LogP contribution in [-0.2, 0) is 19.6 Å². The average molecular weight is 260 g/mol. The Morgan fingerprint density at radius 2 is 1.61 bits per heavy atom. The molecule has 0 atom stereocenters. The van der Waals surface area contributed by atoms with Crippen LogP contribution in [0, 0.1) is 5.41 Å². The van der Waals surface area contributed by atoms with Crippen molar-refractivity contribution in [1.29, 1.82) is 0 Å². The third-order valence-electron chi connectivity index (χ3n) is 3.19. The van der Waals surface area contributed by atoms with Crippen molar-refractivity contribution in [3.05, 3.63) is 0 Å². The summed E-state index contributed by atoms with van der Waals surface area (Å²) in [5.41, 5.74) is -0.942. The molecule has 0 saturated carbocycles. The lowest BCUT2D eigenvalue weighted by molar-refractivity contribution is -0.516. The van der Waals surface area contributed by atoms with E-state index < -0.39 is 11.0 Å². The molecule has 18 heavy (non-hydrogen) atoms. The maximum atomic E-state index is 12.1. The molecule has 0 unspecified atom stereocenters. The van der Waals surface area contributed by atoms with Gasteiger partial charge in [0.15, 0.2) is 0 Å². The fourth-order valence-electron chi connectivity index (χ4n) is 1.75. The minimum absolute atomic E-state index is 0.329. The van der Waals surface area contributed by atoms with Crippen molar-refractivity contribution in [2.75, 3.05) is 0 Å². The Bertz CT molecular complexity index is 239. The van der Waals surface area contributed by atoms with Gasteiger partial charge in [0.05, 0.1) is 11.0 Å².